The predicted octanol–water partition coefficient (Wildman–Crippen LogP) is 3.50. The molecule has 2 unspecified atom stereocenters. The van der Waals surface area contributed by atoms with Crippen molar-refractivity contribution in [1.82, 2.24) is 5.32 Å². The van der Waals surface area contributed by atoms with Crippen LogP contribution in [0.5, 0.6) is 0 Å². The second-order valence-electron chi connectivity index (χ2n) is 5.02. The molecule has 0 spiro atoms. The Hall–Kier alpha value is -0.820. The van der Waals surface area contributed by atoms with Crippen molar-refractivity contribution in [2.45, 2.75) is 39.7 Å². The van der Waals surface area contributed by atoms with Gasteiger partial charge in [0.1, 0.15) is 0 Å². The fourth-order valence-electron chi connectivity index (χ4n) is 2.10. The predicted molar refractivity (Wildman–Crippen MR) is 71.6 cm³/mol. The fraction of sp³-hybridized carbons (Fsp3) is 0.600. The third-order valence-corrected chi connectivity index (χ3v) is 3.64. The average molecular weight is 219 g/mol. The lowest BCUT2D eigenvalue weighted by Gasteiger charge is -2.26. The lowest BCUT2D eigenvalue weighted by atomic mass is 9.87. The third-order valence-electron chi connectivity index (χ3n) is 3.64. The molecule has 1 aromatic rings. The highest BCUT2D eigenvalue weighted by Crippen LogP contribution is 2.18. The maximum absolute atomic E-state index is 3.45. The standard InChI is InChI=1S/C15H25N/c1-12(2)13(3)15(16-4)11-10-14-8-6-5-7-9-14/h5-9,12-13,15-16H,10-11H2,1-4H3. The normalized spacial score (nSPS) is 15.1. The number of hydrogen-bond acceptors (Lipinski definition) is 1. The number of benzene rings is 1. The van der Waals surface area contributed by atoms with Crippen LogP contribution in [0, 0.1) is 11.8 Å². The maximum Gasteiger partial charge on any atom is 0.00952 e. The van der Waals surface area contributed by atoms with Gasteiger partial charge in [-0.3, -0.25) is 0 Å². The Morgan fingerprint density at radius 3 is 2.19 bits per heavy atom. The molecule has 1 heteroatoms. The van der Waals surface area contributed by atoms with Crippen LogP contribution < -0.4 is 5.32 Å². The highest BCUT2D eigenvalue weighted by molar-refractivity contribution is 5.14. The van der Waals surface area contributed by atoms with E-state index in [9.17, 15) is 0 Å². The van der Waals surface area contributed by atoms with E-state index in [1.165, 1.54) is 18.4 Å². The Morgan fingerprint density at radius 1 is 1.06 bits per heavy atom. The van der Waals surface area contributed by atoms with Gasteiger partial charge in [0, 0.05) is 6.04 Å². The third kappa shape index (κ3) is 3.97. The maximum atomic E-state index is 3.45. The van der Waals surface area contributed by atoms with Crippen molar-refractivity contribution in [2.24, 2.45) is 11.8 Å². The quantitative estimate of drug-likeness (QED) is 0.772. The zero-order valence-corrected chi connectivity index (χ0v) is 11.0. The second-order valence-corrected chi connectivity index (χ2v) is 5.02. The van der Waals surface area contributed by atoms with Crippen LogP contribution in [-0.4, -0.2) is 13.1 Å². The van der Waals surface area contributed by atoms with E-state index in [0.717, 1.165) is 11.8 Å². The van der Waals surface area contributed by atoms with Gasteiger partial charge in [-0.2, -0.15) is 0 Å². The minimum absolute atomic E-state index is 0.625. The highest BCUT2D eigenvalue weighted by atomic mass is 14.9. The van der Waals surface area contributed by atoms with Crippen LogP contribution in [0.25, 0.3) is 0 Å². The number of rotatable bonds is 6. The van der Waals surface area contributed by atoms with E-state index < -0.39 is 0 Å². The molecule has 16 heavy (non-hydrogen) atoms. The summed E-state index contributed by atoms with van der Waals surface area (Å²) in [5.41, 5.74) is 1.44. The average Bonchev–Trinajstić information content (AvgIpc) is 2.30. The van der Waals surface area contributed by atoms with Crippen molar-refractivity contribution in [3.8, 4) is 0 Å². The van der Waals surface area contributed by atoms with Crippen LogP contribution in [0.1, 0.15) is 32.8 Å². The Balaban J connectivity index is 2.46. The lowest BCUT2D eigenvalue weighted by Crippen LogP contribution is -2.35. The molecule has 0 aliphatic carbocycles. The first-order chi connectivity index (χ1) is 7.65. The largest absolute Gasteiger partial charge is 0.317 e. The summed E-state index contributed by atoms with van der Waals surface area (Å²) < 4.78 is 0. The molecule has 0 aliphatic heterocycles. The van der Waals surface area contributed by atoms with Gasteiger partial charge in [-0.25, -0.2) is 0 Å². The molecule has 1 aromatic carbocycles. The molecule has 1 rings (SSSR count). The molecule has 1 nitrogen and oxygen atoms in total. The first-order valence-electron chi connectivity index (χ1n) is 6.36. The number of nitrogens with one attached hydrogen (secondary N) is 1. The van der Waals surface area contributed by atoms with Crippen molar-refractivity contribution in [3.63, 3.8) is 0 Å². The van der Waals surface area contributed by atoms with Gasteiger partial charge in [-0.15, -0.1) is 0 Å². The summed E-state index contributed by atoms with van der Waals surface area (Å²) >= 11 is 0. The Morgan fingerprint density at radius 2 is 1.69 bits per heavy atom. The van der Waals surface area contributed by atoms with Gasteiger partial charge in [0.2, 0.25) is 0 Å². The van der Waals surface area contributed by atoms with Gasteiger partial charge >= 0.3 is 0 Å². The molecule has 0 saturated carbocycles. The molecule has 0 aromatic heterocycles. The summed E-state index contributed by atoms with van der Waals surface area (Å²) in [6, 6.07) is 11.4. The molecule has 2 atom stereocenters. The van der Waals surface area contributed by atoms with Gasteiger partial charge in [0.15, 0.2) is 0 Å². The van der Waals surface area contributed by atoms with Crippen molar-refractivity contribution >= 4 is 0 Å². The second kappa shape index (κ2) is 6.70. The van der Waals surface area contributed by atoms with E-state index >= 15 is 0 Å². The van der Waals surface area contributed by atoms with Crippen LogP contribution >= 0.6 is 0 Å². The van der Waals surface area contributed by atoms with Crippen molar-refractivity contribution in [3.05, 3.63) is 35.9 Å². The summed E-state index contributed by atoms with van der Waals surface area (Å²) in [7, 11) is 2.08. The smallest absolute Gasteiger partial charge is 0.00952 e. The zero-order chi connectivity index (χ0) is 12.0. The summed E-state index contributed by atoms with van der Waals surface area (Å²) in [5.74, 6) is 1.47. The van der Waals surface area contributed by atoms with Crippen LogP contribution in [-0.2, 0) is 6.42 Å². The monoisotopic (exact) mass is 219 g/mol. The van der Waals surface area contributed by atoms with Gasteiger partial charge in [-0.1, -0.05) is 51.1 Å². The topological polar surface area (TPSA) is 12.0 Å². The fourth-order valence-corrected chi connectivity index (χ4v) is 2.10. The molecule has 0 bridgehead atoms. The molecular weight excluding hydrogens is 194 g/mol. The Labute approximate surface area is 100 Å². The summed E-state index contributed by atoms with van der Waals surface area (Å²) in [6.07, 6.45) is 2.39. The van der Waals surface area contributed by atoms with E-state index in [4.69, 9.17) is 0 Å². The molecule has 1 N–H and O–H groups in total. The molecule has 0 saturated heterocycles. The Bertz CT molecular complexity index is 279. The van der Waals surface area contributed by atoms with E-state index in [0.29, 0.717) is 6.04 Å². The van der Waals surface area contributed by atoms with Gasteiger partial charge in [0.05, 0.1) is 0 Å². The molecule has 0 amide bonds. The molecular formula is C15H25N. The first-order valence-corrected chi connectivity index (χ1v) is 6.36. The molecule has 0 fully saturated rings. The van der Waals surface area contributed by atoms with E-state index in [1.807, 2.05) is 0 Å². The minimum Gasteiger partial charge on any atom is -0.317 e. The van der Waals surface area contributed by atoms with Gasteiger partial charge < -0.3 is 5.32 Å². The molecule has 0 radical (unpaired) electrons. The van der Waals surface area contributed by atoms with Crippen molar-refractivity contribution in [1.29, 1.82) is 0 Å². The summed E-state index contributed by atoms with van der Waals surface area (Å²) in [5, 5.41) is 3.45. The van der Waals surface area contributed by atoms with E-state index in [-0.39, 0.29) is 0 Å². The van der Waals surface area contributed by atoms with Crippen LogP contribution in [0.2, 0.25) is 0 Å². The Kier molecular flexibility index (Phi) is 5.54. The SMILES string of the molecule is CNC(CCc1ccccc1)C(C)C(C)C. The molecule has 0 aliphatic rings. The number of aryl methyl sites for hydroxylation is 1. The molecule has 0 heterocycles. The van der Waals surface area contributed by atoms with E-state index in [2.05, 4.69) is 63.5 Å². The van der Waals surface area contributed by atoms with E-state index in [1.54, 1.807) is 0 Å². The first kappa shape index (κ1) is 13.2. The van der Waals surface area contributed by atoms with Crippen LogP contribution in [0.3, 0.4) is 0 Å². The number of hydrogen-bond donors (Lipinski definition) is 1. The summed E-state index contributed by atoms with van der Waals surface area (Å²) in [4.78, 5) is 0. The van der Waals surface area contributed by atoms with Crippen LogP contribution in [0.15, 0.2) is 30.3 Å². The summed E-state index contributed by atoms with van der Waals surface area (Å²) in [6.45, 7) is 6.95. The minimum atomic E-state index is 0.625. The zero-order valence-electron chi connectivity index (χ0n) is 11.0. The van der Waals surface area contributed by atoms with Crippen molar-refractivity contribution in [2.75, 3.05) is 7.05 Å². The molecule has 90 valence electrons. The van der Waals surface area contributed by atoms with Gasteiger partial charge in [-0.05, 0) is 37.3 Å². The van der Waals surface area contributed by atoms with Crippen LogP contribution in [0.4, 0.5) is 0 Å². The highest BCUT2D eigenvalue weighted by Gasteiger charge is 2.17. The van der Waals surface area contributed by atoms with Gasteiger partial charge in [0.25, 0.3) is 0 Å². The lowest BCUT2D eigenvalue weighted by molar-refractivity contribution is 0.298. The van der Waals surface area contributed by atoms with Crippen molar-refractivity contribution < 1.29 is 0 Å².